The molecule has 0 unspecified atom stereocenters. The van der Waals surface area contributed by atoms with Crippen molar-refractivity contribution in [3.8, 4) is 0 Å². The molecule has 8 heteroatoms. The molecule has 1 aliphatic rings. The summed E-state index contributed by atoms with van der Waals surface area (Å²) < 4.78 is 40.0. The Balaban J connectivity index is 1.99. The highest BCUT2D eigenvalue weighted by atomic mass is 32.2. The van der Waals surface area contributed by atoms with E-state index >= 15 is 0 Å². The molecule has 6 nitrogen and oxygen atoms in total. The minimum absolute atomic E-state index is 0.0707. The second kappa shape index (κ2) is 5.66. The van der Waals surface area contributed by atoms with Crippen LogP contribution in [-0.2, 0) is 9.84 Å². The number of aromatic nitrogens is 3. The zero-order valence-corrected chi connectivity index (χ0v) is 14.0. The first-order valence-electron chi connectivity index (χ1n) is 7.81. The number of nitrogens with two attached hydrogens (primary N) is 1. The fraction of sp³-hybridized carbons (Fsp3) is 0.176. The Bertz CT molecular complexity index is 1120. The summed E-state index contributed by atoms with van der Waals surface area (Å²) in [6.07, 6.45) is 6.23. The second-order valence-electron chi connectivity index (χ2n) is 5.87. The maximum atomic E-state index is 14.1. The Hall–Kier alpha value is -2.74. The van der Waals surface area contributed by atoms with E-state index in [4.69, 9.17) is 5.73 Å². The van der Waals surface area contributed by atoms with Crippen molar-refractivity contribution in [2.75, 3.05) is 5.73 Å². The molecule has 0 aliphatic heterocycles. The summed E-state index contributed by atoms with van der Waals surface area (Å²) in [5.41, 5.74) is 8.26. The topological polar surface area (TPSA) is 102 Å². The van der Waals surface area contributed by atoms with Gasteiger partial charge in [0.15, 0.2) is 0 Å². The molecule has 1 aliphatic carbocycles. The van der Waals surface area contributed by atoms with Crippen LogP contribution in [-0.4, -0.2) is 23.4 Å². The Morgan fingerprint density at radius 2 is 2.00 bits per heavy atom. The van der Waals surface area contributed by atoms with Crippen LogP contribution in [0.1, 0.15) is 25.0 Å². The third-order valence-corrected chi connectivity index (χ3v) is 6.17. The summed E-state index contributed by atoms with van der Waals surface area (Å²) in [5, 5.41) is 0. The van der Waals surface area contributed by atoms with E-state index in [2.05, 4.69) is 21.0 Å². The molecule has 0 bridgehead atoms. The van der Waals surface area contributed by atoms with E-state index in [1.807, 2.05) is 0 Å². The molecular weight excluding hydrogens is 343 g/mol. The number of allylic oxidation sites excluding steroid dienone is 2. The minimum atomic E-state index is -4.16. The van der Waals surface area contributed by atoms with Crippen molar-refractivity contribution in [3.63, 3.8) is 0 Å². The van der Waals surface area contributed by atoms with Crippen LogP contribution in [0.3, 0.4) is 0 Å². The van der Waals surface area contributed by atoms with Crippen molar-refractivity contribution in [1.29, 1.82) is 0 Å². The molecule has 128 valence electrons. The predicted octanol–water partition coefficient (Wildman–Crippen LogP) is 3.08. The molecule has 0 radical (unpaired) electrons. The van der Waals surface area contributed by atoms with Crippen molar-refractivity contribution in [1.82, 2.24) is 15.0 Å². The lowest BCUT2D eigenvalue weighted by Gasteiger charge is -2.06. The standard InChI is InChI=1S/C17H15FN4O2S/c18-11-7-3-4-8-12(11)25(23,24)16-15-14(22-17(16)19)13(20-9-21-15)10-5-1-2-6-10/h3-5,7-9,22H,1-2,6,19H2. The summed E-state index contributed by atoms with van der Waals surface area (Å²) in [6.45, 7) is 0. The highest BCUT2D eigenvalue weighted by molar-refractivity contribution is 7.92. The largest absolute Gasteiger partial charge is 0.384 e. The van der Waals surface area contributed by atoms with Crippen molar-refractivity contribution in [3.05, 3.63) is 48.2 Å². The number of nitrogen functional groups attached to an aromatic ring is 1. The van der Waals surface area contributed by atoms with Crippen LogP contribution >= 0.6 is 0 Å². The summed E-state index contributed by atoms with van der Waals surface area (Å²) in [5.74, 6) is -0.900. The number of nitrogens with zero attached hydrogens (tertiary/aromatic N) is 2. The molecule has 25 heavy (non-hydrogen) atoms. The number of rotatable bonds is 3. The second-order valence-corrected chi connectivity index (χ2v) is 7.72. The summed E-state index contributed by atoms with van der Waals surface area (Å²) >= 11 is 0. The van der Waals surface area contributed by atoms with Crippen LogP contribution in [0.25, 0.3) is 16.6 Å². The number of fused-ring (bicyclic) bond motifs is 1. The molecule has 3 N–H and O–H groups in total. The summed E-state index contributed by atoms with van der Waals surface area (Å²) in [7, 11) is -4.16. The van der Waals surface area contributed by atoms with Crippen LogP contribution in [0, 0.1) is 5.82 Å². The Kier molecular flexibility index (Phi) is 3.57. The molecule has 2 aromatic heterocycles. The van der Waals surface area contributed by atoms with E-state index in [0.717, 1.165) is 30.9 Å². The minimum Gasteiger partial charge on any atom is -0.384 e. The van der Waals surface area contributed by atoms with E-state index in [-0.39, 0.29) is 16.2 Å². The van der Waals surface area contributed by atoms with Gasteiger partial charge in [0.25, 0.3) is 0 Å². The average Bonchev–Trinajstić information content (AvgIpc) is 3.21. The fourth-order valence-electron chi connectivity index (χ4n) is 3.17. The third-order valence-electron chi connectivity index (χ3n) is 4.31. The maximum absolute atomic E-state index is 14.1. The van der Waals surface area contributed by atoms with Crippen molar-refractivity contribution >= 4 is 32.3 Å². The molecule has 0 amide bonds. The maximum Gasteiger partial charge on any atom is 0.215 e. The van der Waals surface area contributed by atoms with Gasteiger partial charge in [0.1, 0.15) is 33.3 Å². The number of sulfone groups is 1. The van der Waals surface area contributed by atoms with Crippen molar-refractivity contribution in [2.24, 2.45) is 0 Å². The number of aromatic amines is 1. The number of halogens is 1. The highest BCUT2D eigenvalue weighted by Crippen LogP contribution is 2.37. The molecule has 1 aromatic carbocycles. The number of hydrogen-bond acceptors (Lipinski definition) is 5. The number of H-pyrrole nitrogens is 1. The Morgan fingerprint density at radius 3 is 2.72 bits per heavy atom. The van der Waals surface area contributed by atoms with Gasteiger partial charge in [-0.05, 0) is 37.0 Å². The summed E-state index contributed by atoms with van der Waals surface area (Å²) in [6, 6.07) is 5.21. The average molecular weight is 358 g/mol. The highest BCUT2D eigenvalue weighted by Gasteiger charge is 2.30. The fourth-order valence-corrected chi connectivity index (χ4v) is 4.72. The third kappa shape index (κ3) is 2.41. The van der Waals surface area contributed by atoms with Crippen LogP contribution < -0.4 is 5.73 Å². The van der Waals surface area contributed by atoms with E-state index in [1.165, 1.54) is 24.5 Å². The van der Waals surface area contributed by atoms with Gasteiger partial charge in [-0.25, -0.2) is 22.8 Å². The molecule has 0 fully saturated rings. The van der Waals surface area contributed by atoms with E-state index in [1.54, 1.807) is 0 Å². The lowest BCUT2D eigenvalue weighted by atomic mass is 10.1. The quantitative estimate of drug-likeness (QED) is 0.749. The molecule has 0 spiro atoms. The molecule has 4 rings (SSSR count). The van der Waals surface area contributed by atoms with Gasteiger partial charge in [-0.1, -0.05) is 18.2 Å². The molecule has 0 saturated carbocycles. The number of hydrogen-bond donors (Lipinski definition) is 2. The summed E-state index contributed by atoms with van der Waals surface area (Å²) in [4.78, 5) is 10.6. The van der Waals surface area contributed by atoms with Gasteiger partial charge in [0.05, 0.1) is 11.2 Å². The van der Waals surface area contributed by atoms with Crippen molar-refractivity contribution < 1.29 is 12.8 Å². The normalized spacial score (nSPS) is 14.8. The van der Waals surface area contributed by atoms with Gasteiger partial charge < -0.3 is 10.7 Å². The van der Waals surface area contributed by atoms with Crippen LogP contribution in [0.4, 0.5) is 10.2 Å². The SMILES string of the molecule is Nc1[nH]c2c(C3=CCCC3)ncnc2c1S(=O)(=O)c1ccccc1F. The van der Waals surface area contributed by atoms with Crippen LogP contribution in [0.2, 0.25) is 0 Å². The number of benzene rings is 1. The van der Waals surface area contributed by atoms with Gasteiger partial charge in [-0.15, -0.1) is 0 Å². The molecule has 0 atom stereocenters. The van der Waals surface area contributed by atoms with Gasteiger partial charge >= 0.3 is 0 Å². The van der Waals surface area contributed by atoms with Gasteiger partial charge in [0, 0.05) is 0 Å². The first kappa shape index (κ1) is 15.8. The van der Waals surface area contributed by atoms with Crippen molar-refractivity contribution in [2.45, 2.75) is 29.1 Å². The monoisotopic (exact) mass is 358 g/mol. The Labute approximate surface area is 143 Å². The lowest BCUT2D eigenvalue weighted by molar-refractivity contribution is 0.567. The first-order chi connectivity index (χ1) is 12.0. The lowest BCUT2D eigenvalue weighted by Crippen LogP contribution is -2.07. The zero-order valence-electron chi connectivity index (χ0n) is 13.2. The van der Waals surface area contributed by atoms with E-state index in [0.29, 0.717) is 11.2 Å². The van der Waals surface area contributed by atoms with Gasteiger partial charge in [0.2, 0.25) is 9.84 Å². The molecular formula is C17H15FN4O2S. The van der Waals surface area contributed by atoms with E-state index in [9.17, 15) is 12.8 Å². The molecule has 0 saturated heterocycles. The van der Waals surface area contributed by atoms with Gasteiger partial charge in [-0.3, -0.25) is 0 Å². The predicted molar refractivity (Wildman–Crippen MR) is 92.0 cm³/mol. The smallest absolute Gasteiger partial charge is 0.215 e. The molecule has 2 heterocycles. The van der Waals surface area contributed by atoms with Gasteiger partial charge in [-0.2, -0.15) is 0 Å². The number of nitrogens with one attached hydrogen (secondary N) is 1. The first-order valence-corrected chi connectivity index (χ1v) is 9.29. The zero-order chi connectivity index (χ0) is 17.6. The van der Waals surface area contributed by atoms with Crippen LogP contribution in [0.15, 0.2) is 46.5 Å². The molecule has 3 aromatic rings. The van der Waals surface area contributed by atoms with E-state index < -0.39 is 20.5 Å². The Morgan fingerprint density at radius 1 is 1.20 bits per heavy atom. The number of anilines is 1. The van der Waals surface area contributed by atoms with Crippen LogP contribution in [0.5, 0.6) is 0 Å².